The van der Waals surface area contributed by atoms with Crippen LogP contribution in [0.15, 0.2) is 76.5 Å². The molecule has 8 atom stereocenters. The molecule has 15 nitrogen and oxygen atoms in total. The summed E-state index contributed by atoms with van der Waals surface area (Å²) in [5.74, 6) is -4.54. The fourth-order valence-electron chi connectivity index (χ4n) is 11.3. The number of phenolic OH excluding ortho intramolecular Hbond substituents is 2. The number of aliphatic hydroxyl groups excluding tert-OH is 2. The van der Waals surface area contributed by atoms with Gasteiger partial charge in [0.15, 0.2) is 5.75 Å². The number of para-hydroxylation sites is 1. The molecule has 382 valence electrons. The van der Waals surface area contributed by atoms with Gasteiger partial charge < -0.3 is 49.8 Å². The van der Waals surface area contributed by atoms with Crippen molar-refractivity contribution in [2.45, 2.75) is 131 Å². The summed E-state index contributed by atoms with van der Waals surface area (Å²) in [7, 11) is 0. The van der Waals surface area contributed by atoms with Crippen LogP contribution >= 0.6 is 0 Å². The Kier molecular flexibility index (Phi) is 15.1. The van der Waals surface area contributed by atoms with E-state index in [1.807, 2.05) is 56.0 Å². The summed E-state index contributed by atoms with van der Waals surface area (Å²) >= 11 is 0. The van der Waals surface area contributed by atoms with Gasteiger partial charge in [0, 0.05) is 100 Å². The van der Waals surface area contributed by atoms with Crippen LogP contribution in [-0.2, 0) is 14.3 Å². The van der Waals surface area contributed by atoms with Crippen LogP contribution in [-0.4, -0.2) is 110 Å². The van der Waals surface area contributed by atoms with Gasteiger partial charge in [-0.3, -0.25) is 19.4 Å². The van der Waals surface area contributed by atoms with Gasteiger partial charge in [0.25, 0.3) is 11.7 Å². The lowest BCUT2D eigenvalue weighted by Crippen LogP contribution is -2.47. The van der Waals surface area contributed by atoms with Crippen molar-refractivity contribution in [3.8, 4) is 23.0 Å². The number of hydrogen-bond acceptors (Lipinski definition) is 13. The fraction of sp³-hybridized carbons (Fsp3) is 0.554. The summed E-state index contributed by atoms with van der Waals surface area (Å²) in [4.78, 5) is 56.9. The highest BCUT2D eigenvalue weighted by molar-refractivity contribution is 6.21. The Balaban J connectivity index is 1.15. The molecule has 15 heteroatoms. The van der Waals surface area contributed by atoms with Gasteiger partial charge in [0.1, 0.15) is 39.7 Å². The summed E-state index contributed by atoms with van der Waals surface area (Å²) in [6.45, 7) is 20.1. The lowest BCUT2D eigenvalue weighted by molar-refractivity contribution is -0.135. The predicted octanol–water partition coefficient (Wildman–Crippen LogP) is 7.27. The Morgan fingerprint density at radius 1 is 0.930 bits per heavy atom. The number of Topliss-reactive ketones (excluding diaryl/α,β-unsaturated/α-hetero) is 1. The summed E-state index contributed by atoms with van der Waals surface area (Å²) in [6, 6.07) is 9.68. The van der Waals surface area contributed by atoms with Crippen molar-refractivity contribution in [3.05, 3.63) is 88.3 Å². The molecule has 2 amide bonds. The summed E-state index contributed by atoms with van der Waals surface area (Å²) in [6.07, 6.45) is 9.40. The molecule has 9 rings (SSSR count). The number of fused-ring (bicyclic) bond motifs is 13. The normalized spacial score (nSPS) is 30.2. The molecule has 0 radical (unpaired) electrons. The van der Waals surface area contributed by atoms with Crippen LogP contribution in [0.5, 0.6) is 23.0 Å². The number of allylic oxidation sites excluding steroid dienone is 3. The second kappa shape index (κ2) is 20.8. The highest BCUT2D eigenvalue weighted by Gasteiger charge is 2.50. The number of benzene rings is 3. The minimum absolute atomic E-state index is 0.00583. The number of nitrogens with one attached hydrogen (secondary N) is 1. The van der Waals surface area contributed by atoms with Gasteiger partial charge in [-0.05, 0) is 62.1 Å². The van der Waals surface area contributed by atoms with Gasteiger partial charge in [-0.25, -0.2) is 4.99 Å². The molecule has 3 aromatic carbocycles. The largest absolute Gasteiger partial charge is 0.507 e. The van der Waals surface area contributed by atoms with Crippen LogP contribution < -0.4 is 25.5 Å². The second-order valence-corrected chi connectivity index (χ2v) is 21.5. The first kappa shape index (κ1) is 51.6. The number of amides is 2. The summed E-state index contributed by atoms with van der Waals surface area (Å²) < 4.78 is 18.8. The predicted molar refractivity (Wildman–Crippen MR) is 271 cm³/mol. The molecular formula is C56H73N5O10. The second-order valence-electron chi connectivity index (χ2n) is 21.5. The first-order valence-corrected chi connectivity index (χ1v) is 25.6. The Hall–Kier alpha value is -5.77. The van der Waals surface area contributed by atoms with Crippen LogP contribution in [0.1, 0.15) is 110 Å². The molecule has 6 aliphatic rings. The van der Waals surface area contributed by atoms with Gasteiger partial charge in [-0.2, -0.15) is 0 Å². The zero-order valence-corrected chi connectivity index (χ0v) is 42.8. The third-order valence-corrected chi connectivity index (χ3v) is 15.8. The molecule has 0 aromatic heterocycles. The average molecular weight is 976 g/mol. The lowest BCUT2D eigenvalue weighted by Gasteiger charge is -2.38. The summed E-state index contributed by atoms with van der Waals surface area (Å²) in [5, 5.41) is 51.6. The van der Waals surface area contributed by atoms with Crippen molar-refractivity contribution >= 4 is 34.1 Å². The van der Waals surface area contributed by atoms with Crippen LogP contribution in [0, 0.1) is 42.4 Å². The third-order valence-electron chi connectivity index (χ3n) is 15.8. The first-order chi connectivity index (χ1) is 33.7. The number of carbonyl (C=O) groups is 3. The molecule has 3 aromatic rings. The van der Waals surface area contributed by atoms with E-state index in [-0.39, 0.29) is 80.0 Å². The number of carbonyl (C=O) groups excluding carboxylic acids is 3. The van der Waals surface area contributed by atoms with Crippen LogP contribution in [0.25, 0.3) is 10.8 Å². The van der Waals surface area contributed by atoms with E-state index in [1.54, 1.807) is 45.1 Å². The standard InChI is InChI=1S/C56H73N5O10/c1-31(2)30-60-26-22-56(23-27-60)58-45-42-43-50(65)37(8)52-44(42)53(67)55(9,71-52)69-28-14-17-32(3)40(29-41(62)61-24-20-39(21-25-61)70-38-18-11-10-12-19-38)35(6)49(64)36(7)48(63)33(4)15-13-16-34(5)54(68)57-47(51(43)66)46(45)59-56/h10-16,18-19,28,31-33,35-36,39-40,48-49,58,63-66H,17,20-27,29-30H2,1-9H3/b15-13+,28-14+,34-16-,57-47?/t32-,33+,35+,36-,40?,48+,49+,55+/m1/s1. The topological polar surface area (TPSA) is 203 Å². The summed E-state index contributed by atoms with van der Waals surface area (Å²) in [5.41, 5.74) is 0.0259. The van der Waals surface area contributed by atoms with Crippen LogP contribution in [0.3, 0.4) is 0 Å². The zero-order chi connectivity index (χ0) is 51.1. The molecule has 1 spiro atoms. The van der Waals surface area contributed by atoms with Gasteiger partial charge in [-0.1, -0.05) is 78.0 Å². The number of anilines is 1. The number of nitrogens with zero attached hydrogens (tertiary/aromatic N) is 4. The number of piperidine rings is 2. The van der Waals surface area contributed by atoms with E-state index in [1.165, 1.54) is 13.2 Å². The smallest absolute Gasteiger partial charge is 0.312 e. The van der Waals surface area contributed by atoms with E-state index in [0.717, 1.165) is 25.4 Å². The quantitative estimate of drug-likeness (QED) is 0.155. The molecule has 2 saturated heterocycles. The van der Waals surface area contributed by atoms with Crippen LogP contribution in [0.4, 0.5) is 5.69 Å². The maximum atomic E-state index is 14.9. The molecule has 2 fully saturated rings. The Bertz CT molecular complexity index is 2740. The van der Waals surface area contributed by atoms with E-state index in [4.69, 9.17) is 19.2 Å². The maximum Gasteiger partial charge on any atom is 0.312 e. The lowest BCUT2D eigenvalue weighted by atomic mass is 9.72. The van der Waals surface area contributed by atoms with E-state index in [2.05, 4.69) is 29.1 Å². The number of aliphatic hydroxyl groups is 2. The van der Waals surface area contributed by atoms with E-state index >= 15 is 0 Å². The van der Waals surface area contributed by atoms with E-state index < -0.39 is 58.9 Å². The molecule has 0 aliphatic carbocycles. The van der Waals surface area contributed by atoms with E-state index in [0.29, 0.717) is 56.8 Å². The number of rotatable bonds is 6. The zero-order valence-electron chi connectivity index (χ0n) is 42.8. The molecule has 0 saturated carbocycles. The SMILES string of the molecule is C/C1=C/C=C/[C@H](C)[C@H](O)[C@@H](C)[C@@H](O)[C@@H](C)C(CC(=O)N2CCC(Oc3ccccc3)CC2)[C@H](C)C/C=C/O[C@@]2(C)Oc3c(C)c(O)c4c(O)c(c5c(c4c3C2=O)NC2(CCN(CC(C)C)CC2)N=5)=NC1=O. The minimum atomic E-state index is -1.88. The molecular weight excluding hydrogens is 903 g/mol. The first-order valence-electron chi connectivity index (χ1n) is 25.6. The Labute approximate surface area is 417 Å². The van der Waals surface area contributed by atoms with Gasteiger partial charge in [0.2, 0.25) is 5.91 Å². The highest BCUT2D eigenvalue weighted by Crippen LogP contribution is 2.51. The highest BCUT2D eigenvalue weighted by atomic mass is 16.7. The molecule has 5 bridgehead atoms. The van der Waals surface area contributed by atoms with E-state index in [9.17, 15) is 34.8 Å². The maximum absolute atomic E-state index is 14.9. The Morgan fingerprint density at radius 3 is 2.30 bits per heavy atom. The van der Waals surface area contributed by atoms with Crippen molar-refractivity contribution in [1.29, 1.82) is 0 Å². The molecule has 1 unspecified atom stereocenters. The van der Waals surface area contributed by atoms with Gasteiger partial charge in [-0.15, -0.1) is 0 Å². The number of ketones is 1. The molecule has 6 heterocycles. The number of ether oxygens (including phenoxy) is 3. The molecule has 6 aliphatic heterocycles. The van der Waals surface area contributed by atoms with Crippen molar-refractivity contribution < 1.29 is 49.0 Å². The number of hydrogen-bond donors (Lipinski definition) is 5. The molecule has 71 heavy (non-hydrogen) atoms. The van der Waals surface area contributed by atoms with Crippen molar-refractivity contribution in [2.75, 3.05) is 38.0 Å². The number of aromatic hydroxyl groups is 2. The number of phenols is 2. The van der Waals surface area contributed by atoms with Gasteiger partial charge in [0.05, 0.1) is 35.1 Å². The van der Waals surface area contributed by atoms with Crippen molar-refractivity contribution in [1.82, 2.24) is 9.80 Å². The average Bonchev–Trinajstić information content (AvgIpc) is 3.85. The Morgan fingerprint density at radius 2 is 1.62 bits per heavy atom. The van der Waals surface area contributed by atoms with Crippen molar-refractivity contribution in [2.24, 2.45) is 45.5 Å². The van der Waals surface area contributed by atoms with Crippen molar-refractivity contribution in [3.63, 3.8) is 0 Å². The third kappa shape index (κ3) is 10.3. The minimum Gasteiger partial charge on any atom is -0.507 e. The molecule has 5 N–H and O–H groups in total. The van der Waals surface area contributed by atoms with Gasteiger partial charge >= 0.3 is 5.79 Å². The fourth-order valence-corrected chi connectivity index (χ4v) is 11.3. The number of likely N-dealkylation sites (tertiary alicyclic amines) is 2. The monoisotopic (exact) mass is 976 g/mol. The van der Waals surface area contributed by atoms with Crippen LogP contribution in [0.2, 0.25) is 0 Å².